The van der Waals surface area contributed by atoms with Crippen LogP contribution in [0.25, 0.3) is 10.8 Å². The number of ether oxygens (including phenoxy) is 1. The van der Waals surface area contributed by atoms with Crippen LogP contribution < -0.4 is 10.2 Å². The van der Waals surface area contributed by atoms with Gasteiger partial charge in [0.25, 0.3) is 0 Å². The van der Waals surface area contributed by atoms with Crippen LogP contribution in [0.3, 0.4) is 0 Å². The lowest BCUT2D eigenvalue weighted by Gasteiger charge is -2.44. The number of anilines is 2. The first-order chi connectivity index (χ1) is 18.5. The summed E-state index contributed by atoms with van der Waals surface area (Å²) in [6.45, 7) is 9.81. The van der Waals surface area contributed by atoms with Crippen molar-refractivity contribution in [3.05, 3.63) is 47.4 Å². The number of benzene rings is 1. The van der Waals surface area contributed by atoms with Crippen LogP contribution in [0.5, 0.6) is 0 Å². The fourth-order valence-corrected chi connectivity index (χ4v) is 6.22. The zero-order valence-corrected chi connectivity index (χ0v) is 22.4. The summed E-state index contributed by atoms with van der Waals surface area (Å²) in [6, 6.07) is 6.09. The number of amides is 1. The molecule has 3 fully saturated rings. The lowest BCUT2D eigenvalue weighted by Crippen LogP contribution is -2.56. The number of aromatic nitrogens is 3. The predicted octanol–water partition coefficient (Wildman–Crippen LogP) is 4.34. The second kappa shape index (κ2) is 9.48. The third kappa shape index (κ3) is 4.86. The molecule has 3 aliphatic rings. The molecule has 2 aromatic heterocycles. The number of piperazine rings is 1. The Morgan fingerprint density at radius 3 is 2.59 bits per heavy atom. The van der Waals surface area contributed by atoms with E-state index in [0.717, 1.165) is 67.0 Å². The minimum absolute atomic E-state index is 0.0753. The summed E-state index contributed by atoms with van der Waals surface area (Å²) in [5.74, 6) is -0.961. The maximum atomic E-state index is 13.5. The van der Waals surface area contributed by atoms with Crippen LogP contribution in [0, 0.1) is 12.8 Å². The quantitative estimate of drug-likeness (QED) is 0.517. The van der Waals surface area contributed by atoms with E-state index in [-0.39, 0.29) is 17.0 Å². The van der Waals surface area contributed by atoms with Crippen molar-refractivity contribution in [1.82, 2.24) is 19.7 Å². The lowest BCUT2D eigenvalue weighted by atomic mass is 9.97. The van der Waals surface area contributed by atoms with Gasteiger partial charge in [0.1, 0.15) is 11.5 Å². The Kier molecular flexibility index (Phi) is 6.33. The second-order valence-electron chi connectivity index (χ2n) is 11.3. The number of hydrogen-bond donors (Lipinski definition) is 1. The number of alkyl halides is 3. The fraction of sp³-hybridized carbons (Fsp3) is 0.536. The molecule has 0 radical (unpaired) electrons. The molecule has 208 valence electrons. The van der Waals surface area contributed by atoms with Gasteiger partial charge in [-0.25, -0.2) is 4.98 Å². The first-order valence-corrected chi connectivity index (χ1v) is 13.4. The third-order valence-corrected chi connectivity index (χ3v) is 8.63. The summed E-state index contributed by atoms with van der Waals surface area (Å²) < 4.78 is 46.9. The van der Waals surface area contributed by atoms with Crippen molar-refractivity contribution in [2.24, 2.45) is 13.0 Å². The monoisotopic (exact) mass is 542 g/mol. The third-order valence-electron chi connectivity index (χ3n) is 8.63. The van der Waals surface area contributed by atoms with Gasteiger partial charge in [-0.05, 0) is 61.8 Å². The topological polar surface area (TPSA) is 75.5 Å². The summed E-state index contributed by atoms with van der Waals surface area (Å²) >= 11 is 0. The Bertz CT molecular complexity index is 1410. The Morgan fingerprint density at radius 1 is 1.13 bits per heavy atom. The summed E-state index contributed by atoms with van der Waals surface area (Å²) in [5.41, 5.74) is 1.74. The smallest absolute Gasteiger partial charge is 0.379 e. The van der Waals surface area contributed by atoms with Crippen LogP contribution in [0.4, 0.5) is 24.7 Å². The molecule has 1 aromatic carbocycles. The average Bonchev–Trinajstić information content (AvgIpc) is 3.40. The number of halogens is 3. The first kappa shape index (κ1) is 26.1. The molecule has 3 aromatic rings. The second-order valence-corrected chi connectivity index (χ2v) is 11.3. The van der Waals surface area contributed by atoms with Gasteiger partial charge < -0.3 is 15.0 Å². The summed E-state index contributed by atoms with van der Waals surface area (Å²) in [5, 5.41) is 8.53. The molecule has 1 N–H and O–H groups in total. The number of pyridine rings is 1. The Balaban J connectivity index is 1.15. The largest absolute Gasteiger partial charge is 0.433 e. The minimum atomic E-state index is -4.52. The van der Waals surface area contributed by atoms with Crippen molar-refractivity contribution in [1.29, 1.82) is 0 Å². The SMILES string of the molecule is Cc1cc2cnc(NC(=O)[C@H]3C[C@@H]3c3cnn(C)c3C(F)(F)F)cc2cc1N1CCN([C@]2(C)CCOC2)CC1. The molecule has 2 saturated heterocycles. The van der Waals surface area contributed by atoms with Gasteiger partial charge in [0.05, 0.1) is 12.8 Å². The van der Waals surface area contributed by atoms with Crippen molar-refractivity contribution in [3.8, 4) is 0 Å². The van der Waals surface area contributed by atoms with Crippen LogP contribution >= 0.6 is 0 Å². The number of rotatable bonds is 5. The lowest BCUT2D eigenvalue weighted by molar-refractivity contribution is -0.144. The molecule has 1 aliphatic carbocycles. The van der Waals surface area contributed by atoms with E-state index in [4.69, 9.17) is 4.74 Å². The molecule has 8 nitrogen and oxygen atoms in total. The Labute approximate surface area is 225 Å². The van der Waals surface area contributed by atoms with Crippen molar-refractivity contribution in [2.45, 2.75) is 44.3 Å². The van der Waals surface area contributed by atoms with Gasteiger partial charge in [-0.15, -0.1) is 0 Å². The number of nitrogens with one attached hydrogen (secondary N) is 1. The maximum Gasteiger partial charge on any atom is 0.433 e. The zero-order chi connectivity index (χ0) is 27.5. The number of hydrogen-bond acceptors (Lipinski definition) is 6. The van der Waals surface area contributed by atoms with E-state index in [1.807, 2.05) is 6.07 Å². The molecule has 39 heavy (non-hydrogen) atoms. The Morgan fingerprint density at radius 2 is 1.90 bits per heavy atom. The van der Waals surface area contributed by atoms with E-state index in [0.29, 0.717) is 12.2 Å². The van der Waals surface area contributed by atoms with Gasteiger partial charge >= 0.3 is 6.18 Å². The standard InChI is InChI=1S/C28H33F3N6O2/c1-17-10-19-14-32-24(34-26(38)21-13-20(21)22-15-33-35(3)25(22)28(29,30)31)12-18(19)11-23(17)36-5-7-37(8-6-36)27(2)4-9-39-16-27/h10-12,14-15,20-21H,4-9,13,16H2,1-3H3,(H,32,34,38)/t20-,21-,27+/m0/s1. The number of carbonyl (C=O) groups is 1. The van der Waals surface area contributed by atoms with Gasteiger partial charge in [-0.1, -0.05) is 0 Å². The Hall–Kier alpha value is -3.18. The molecule has 11 heteroatoms. The molecule has 1 saturated carbocycles. The number of carbonyl (C=O) groups excluding carboxylic acids is 1. The molecule has 0 unspecified atom stereocenters. The molecule has 1 amide bonds. The fourth-order valence-electron chi connectivity index (χ4n) is 6.22. The van der Waals surface area contributed by atoms with Gasteiger partial charge in [0.2, 0.25) is 5.91 Å². The molecule has 0 spiro atoms. The number of aryl methyl sites for hydroxylation is 2. The zero-order valence-electron chi connectivity index (χ0n) is 22.4. The van der Waals surface area contributed by atoms with Gasteiger partial charge in [-0.3, -0.25) is 14.4 Å². The van der Waals surface area contributed by atoms with Gasteiger partial charge in [0, 0.05) is 74.1 Å². The highest BCUT2D eigenvalue weighted by Crippen LogP contribution is 2.51. The van der Waals surface area contributed by atoms with Gasteiger partial charge in [0.15, 0.2) is 0 Å². The van der Waals surface area contributed by atoms with Crippen LogP contribution in [-0.2, 0) is 22.8 Å². The number of fused-ring (bicyclic) bond motifs is 1. The van der Waals surface area contributed by atoms with Crippen LogP contribution in [-0.4, -0.2) is 70.5 Å². The molecule has 3 atom stereocenters. The highest BCUT2D eigenvalue weighted by molar-refractivity contribution is 5.97. The summed E-state index contributed by atoms with van der Waals surface area (Å²) in [6.07, 6.45) is -0.143. The molecular weight excluding hydrogens is 509 g/mol. The van der Waals surface area contributed by atoms with Crippen molar-refractivity contribution < 1.29 is 22.7 Å². The van der Waals surface area contributed by atoms with E-state index in [9.17, 15) is 18.0 Å². The van der Waals surface area contributed by atoms with E-state index >= 15 is 0 Å². The van der Waals surface area contributed by atoms with Crippen LogP contribution in [0.15, 0.2) is 30.6 Å². The minimum Gasteiger partial charge on any atom is -0.379 e. The molecule has 2 aliphatic heterocycles. The van der Waals surface area contributed by atoms with Crippen LogP contribution in [0.1, 0.15) is 42.5 Å². The highest BCUT2D eigenvalue weighted by Gasteiger charge is 2.50. The van der Waals surface area contributed by atoms with Crippen molar-refractivity contribution >= 4 is 28.2 Å². The van der Waals surface area contributed by atoms with Crippen LogP contribution in [0.2, 0.25) is 0 Å². The van der Waals surface area contributed by atoms with Crippen molar-refractivity contribution in [3.63, 3.8) is 0 Å². The van der Waals surface area contributed by atoms with E-state index < -0.39 is 23.7 Å². The van der Waals surface area contributed by atoms with Gasteiger partial charge in [-0.2, -0.15) is 18.3 Å². The molecule has 0 bridgehead atoms. The average molecular weight is 543 g/mol. The predicted molar refractivity (Wildman–Crippen MR) is 142 cm³/mol. The van der Waals surface area contributed by atoms with Crippen molar-refractivity contribution in [2.75, 3.05) is 49.6 Å². The van der Waals surface area contributed by atoms with E-state index in [1.165, 1.54) is 18.8 Å². The normalized spacial score (nSPS) is 25.8. The summed E-state index contributed by atoms with van der Waals surface area (Å²) in [4.78, 5) is 22.3. The maximum absolute atomic E-state index is 13.5. The van der Waals surface area contributed by atoms with E-state index in [2.05, 4.69) is 51.2 Å². The van der Waals surface area contributed by atoms with E-state index in [1.54, 1.807) is 6.20 Å². The molecule has 6 rings (SSSR count). The molecular formula is C28H33F3N6O2. The number of nitrogens with zero attached hydrogens (tertiary/aromatic N) is 5. The summed E-state index contributed by atoms with van der Waals surface area (Å²) in [7, 11) is 1.27. The first-order valence-electron chi connectivity index (χ1n) is 13.4. The highest BCUT2D eigenvalue weighted by atomic mass is 19.4. The molecule has 4 heterocycles.